The van der Waals surface area contributed by atoms with Crippen LogP contribution < -0.4 is 9.47 Å². The molecule has 0 bridgehead atoms. The van der Waals surface area contributed by atoms with Crippen molar-refractivity contribution in [3.63, 3.8) is 0 Å². The lowest BCUT2D eigenvalue weighted by Gasteiger charge is -2.34. The van der Waals surface area contributed by atoms with Gasteiger partial charge in [0, 0.05) is 24.1 Å². The van der Waals surface area contributed by atoms with E-state index in [9.17, 15) is 4.79 Å². The molecule has 0 N–H and O–H groups in total. The molecule has 1 unspecified atom stereocenters. The number of hydrogen-bond acceptors (Lipinski definition) is 4. The molecule has 1 amide bonds. The summed E-state index contributed by atoms with van der Waals surface area (Å²) in [6, 6.07) is 6.23. The molecule has 1 aromatic carbocycles. The fraction of sp³-hybridized carbons (Fsp3) is 0.562. The highest BCUT2D eigenvalue weighted by Crippen LogP contribution is 2.33. The third-order valence-corrected chi connectivity index (χ3v) is 5.39. The van der Waals surface area contributed by atoms with Crippen molar-refractivity contribution < 1.29 is 14.3 Å². The molecule has 1 aromatic rings. The summed E-state index contributed by atoms with van der Waals surface area (Å²) in [5.41, 5.74) is 1.18. The Labute approximate surface area is 129 Å². The first-order valence-corrected chi connectivity index (χ1v) is 8.61. The summed E-state index contributed by atoms with van der Waals surface area (Å²) in [5, 5.41) is 0. The van der Waals surface area contributed by atoms with Crippen molar-refractivity contribution in [1.29, 1.82) is 0 Å². The molecule has 0 aliphatic carbocycles. The smallest absolute Gasteiger partial charge is 0.231 e. The molecular weight excluding hydrogens is 286 g/mol. The number of likely N-dealkylation sites (N-methyl/N-ethyl adjacent to an activating group) is 1. The van der Waals surface area contributed by atoms with Crippen LogP contribution in [-0.4, -0.2) is 41.7 Å². The van der Waals surface area contributed by atoms with Crippen LogP contribution in [0.3, 0.4) is 0 Å². The van der Waals surface area contributed by atoms with Crippen LogP contribution in [0.1, 0.15) is 19.4 Å². The summed E-state index contributed by atoms with van der Waals surface area (Å²) < 4.78 is 10.7. The first kappa shape index (κ1) is 14.6. The van der Waals surface area contributed by atoms with Gasteiger partial charge in [0.2, 0.25) is 12.7 Å². The predicted molar refractivity (Wildman–Crippen MR) is 83.9 cm³/mol. The van der Waals surface area contributed by atoms with Crippen LogP contribution in [0.25, 0.3) is 0 Å². The zero-order valence-electron chi connectivity index (χ0n) is 12.5. The highest BCUT2D eigenvalue weighted by molar-refractivity contribution is 8.00. The molecule has 0 radical (unpaired) electrons. The number of rotatable bonds is 5. The molecule has 21 heavy (non-hydrogen) atoms. The Kier molecular flexibility index (Phi) is 4.29. The third kappa shape index (κ3) is 2.98. The maximum atomic E-state index is 12.4. The molecule has 5 heteroatoms. The van der Waals surface area contributed by atoms with Crippen LogP contribution in [0.5, 0.6) is 11.5 Å². The average Bonchev–Trinajstić information content (AvgIpc) is 2.84. The van der Waals surface area contributed by atoms with E-state index in [-0.39, 0.29) is 12.0 Å². The highest BCUT2D eigenvalue weighted by atomic mass is 32.2. The van der Waals surface area contributed by atoms with Gasteiger partial charge in [-0.2, -0.15) is 11.8 Å². The van der Waals surface area contributed by atoms with Gasteiger partial charge in [0.25, 0.3) is 0 Å². The molecule has 1 saturated heterocycles. The lowest BCUT2D eigenvalue weighted by atomic mass is 10.0. The van der Waals surface area contributed by atoms with E-state index in [1.54, 1.807) is 0 Å². The quantitative estimate of drug-likeness (QED) is 0.838. The molecule has 3 rings (SSSR count). The second-order valence-corrected chi connectivity index (χ2v) is 6.67. The predicted octanol–water partition coefficient (Wildman–Crippen LogP) is 2.56. The number of carbonyl (C=O) groups excluding carboxylic acids is 1. The largest absolute Gasteiger partial charge is 0.454 e. The van der Waals surface area contributed by atoms with Gasteiger partial charge in [-0.05, 0) is 38.0 Å². The molecule has 2 aliphatic heterocycles. The summed E-state index contributed by atoms with van der Waals surface area (Å²) in [5.74, 6) is 4.11. The first-order valence-electron chi connectivity index (χ1n) is 7.45. The second kappa shape index (κ2) is 6.18. The number of nitrogens with zero attached hydrogens (tertiary/aromatic N) is 1. The Morgan fingerprint density at radius 2 is 2.14 bits per heavy atom. The molecule has 1 atom stereocenters. The number of carbonyl (C=O) groups is 1. The molecule has 4 nitrogen and oxygen atoms in total. The number of benzene rings is 1. The molecule has 1 fully saturated rings. The van der Waals surface area contributed by atoms with Gasteiger partial charge in [0.1, 0.15) is 0 Å². The van der Waals surface area contributed by atoms with Gasteiger partial charge >= 0.3 is 0 Å². The lowest BCUT2D eigenvalue weighted by molar-refractivity contribution is -0.136. The number of ether oxygens (including phenoxy) is 2. The van der Waals surface area contributed by atoms with E-state index in [2.05, 4.69) is 19.9 Å². The Hall–Kier alpha value is -1.36. The first-order chi connectivity index (χ1) is 10.2. The van der Waals surface area contributed by atoms with E-state index < -0.39 is 0 Å². The SMILES string of the molecule is CCN(C(=O)C1CSC1)C(C)Cc1ccc2c(c1)OCO2. The summed E-state index contributed by atoms with van der Waals surface area (Å²) in [6.07, 6.45) is 0.843. The van der Waals surface area contributed by atoms with Crippen LogP contribution in [0.2, 0.25) is 0 Å². The van der Waals surface area contributed by atoms with E-state index in [4.69, 9.17) is 9.47 Å². The summed E-state index contributed by atoms with van der Waals surface area (Å²) >= 11 is 1.85. The Morgan fingerprint density at radius 3 is 2.81 bits per heavy atom. The summed E-state index contributed by atoms with van der Waals surface area (Å²) in [7, 11) is 0. The maximum Gasteiger partial charge on any atom is 0.231 e. The Balaban J connectivity index is 1.66. The normalized spacial score (nSPS) is 18.2. The molecule has 0 spiro atoms. The molecule has 2 aliphatic rings. The Bertz CT molecular complexity index is 530. The molecule has 2 heterocycles. The van der Waals surface area contributed by atoms with Crippen LogP contribution in [-0.2, 0) is 11.2 Å². The van der Waals surface area contributed by atoms with Crippen molar-refractivity contribution in [2.24, 2.45) is 5.92 Å². The van der Waals surface area contributed by atoms with Gasteiger partial charge in [0.15, 0.2) is 11.5 Å². The standard InChI is InChI=1S/C16H21NO3S/c1-3-17(16(18)13-8-21-9-13)11(2)6-12-4-5-14-15(7-12)20-10-19-14/h4-5,7,11,13H,3,6,8-10H2,1-2H3. The Morgan fingerprint density at radius 1 is 1.38 bits per heavy atom. The monoisotopic (exact) mass is 307 g/mol. The van der Waals surface area contributed by atoms with Gasteiger partial charge in [-0.15, -0.1) is 0 Å². The maximum absolute atomic E-state index is 12.4. The van der Waals surface area contributed by atoms with Gasteiger partial charge in [-0.3, -0.25) is 4.79 Å². The van der Waals surface area contributed by atoms with Gasteiger partial charge < -0.3 is 14.4 Å². The van der Waals surface area contributed by atoms with Crippen molar-refractivity contribution in [2.45, 2.75) is 26.3 Å². The van der Waals surface area contributed by atoms with Crippen LogP contribution in [0.4, 0.5) is 0 Å². The minimum atomic E-state index is 0.202. The molecule has 0 saturated carbocycles. The zero-order chi connectivity index (χ0) is 14.8. The van der Waals surface area contributed by atoms with Crippen molar-refractivity contribution in [2.75, 3.05) is 24.8 Å². The van der Waals surface area contributed by atoms with Crippen LogP contribution in [0, 0.1) is 5.92 Å². The minimum Gasteiger partial charge on any atom is -0.454 e. The van der Waals surface area contributed by atoms with E-state index in [1.807, 2.05) is 28.8 Å². The van der Waals surface area contributed by atoms with Crippen molar-refractivity contribution >= 4 is 17.7 Å². The van der Waals surface area contributed by atoms with E-state index in [1.165, 1.54) is 5.56 Å². The van der Waals surface area contributed by atoms with Crippen LogP contribution >= 0.6 is 11.8 Å². The second-order valence-electron chi connectivity index (χ2n) is 5.60. The van der Waals surface area contributed by atoms with Crippen molar-refractivity contribution in [3.05, 3.63) is 23.8 Å². The summed E-state index contributed by atoms with van der Waals surface area (Å²) in [6.45, 7) is 5.25. The minimum absolute atomic E-state index is 0.202. The number of amides is 1. The van der Waals surface area contributed by atoms with Crippen molar-refractivity contribution in [3.8, 4) is 11.5 Å². The van der Waals surface area contributed by atoms with E-state index in [0.29, 0.717) is 12.7 Å². The van der Waals surface area contributed by atoms with Gasteiger partial charge in [0.05, 0.1) is 5.92 Å². The molecule has 0 aromatic heterocycles. The van der Waals surface area contributed by atoms with E-state index in [0.717, 1.165) is 36.0 Å². The van der Waals surface area contributed by atoms with Crippen molar-refractivity contribution in [1.82, 2.24) is 4.90 Å². The number of hydrogen-bond donors (Lipinski definition) is 0. The van der Waals surface area contributed by atoms with Crippen LogP contribution in [0.15, 0.2) is 18.2 Å². The fourth-order valence-electron chi connectivity index (χ4n) is 2.82. The number of fused-ring (bicyclic) bond motifs is 1. The lowest BCUT2D eigenvalue weighted by Crippen LogP contribution is -2.46. The fourth-order valence-corrected chi connectivity index (χ4v) is 3.57. The third-order valence-electron chi connectivity index (χ3n) is 4.11. The average molecular weight is 307 g/mol. The topological polar surface area (TPSA) is 38.8 Å². The highest BCUT2D eigenvalue weighted by Gasteiger charge is 2.31. The molecular formula is C16H21NO3S. The zero-order valence-corrected chi connectivity index (χ0v) is 13.3. The summed E-state index contributed by atoms with van der Waals surface area (Å²) in [4.78, 5) is 14.5. The van der Waals surface area contributed by atoms with E-state index >= 15 is 0 Å². The van der Waals surface area contributed by atoms with Gasteiger partial charge in [-0.25, -0.2) is 0 Å². The molecule has 114 valence electrons. The van der Waals surface area contributed by atoms with Gasteiger partial charge in [-0.1, -0.05) is 6.07 Å². The number of thioether (sulfide) groups is 1.